The van der Waals surface area contributed by atoms with Gasteiger partial charge in [-0.3, -0.25) is 9.59 Å². The first-order valence-corrected chi connectivity index (χ1v) is 32.7. The van der Waals surface area contributed by atoms with Crippen molar-refractivity contribution in [3.63, 3.8) is 0 Å². The van der Waals surface area contributed by atoms with E-state index >= 15 is 0 Å². The summed E-state index contributed by atoms with van der Waals surface area (Å²) in [7, 11) is 0. The smallest absolute Gasteiger partial charge is 0.309 e. The molecule has 2 N–H and O–H groups in total. The van der Waals surface area contributed by atoms with Crippen LogP contribution in [0.5, 0.6) is 0 Å². The molecule has 0 radical (unpaired) electrons. The largest absolute Gasteiger partial charge is 0.465 e. The lowest BCUT2D eigenvalue weighted by Crippen LogP contribution is -2.40. The summed E-state index contributed by atoms with van der Waals surface area (Å²) in [5.74, 6) is -1.40. The molecule has 0 aromatic heterocycles. The third kappa shape index (κ3) is 47.1. The van der Waals surface area contributed by atoms with Crippen LogP contribution in [0.2, 0.25) is 0 Å². The number of rotatable bonds is 57. The summed E-state index contributed by atoms with van der Waals surface area (Å²) in [6.45, 7) is 1.03. The number of aliphatic hydroxyl groups excluding tert-OH is 2. The fourth-order valence-electron chi connectivity index (χ4n) is 11.1. The molecule has 1 aliphatic heterocycles. The second kappa shape index (κ2) is 55.8. The van der Waals surface area contributed by atoms with Crippen molar-refractivity contribution in [1.29, 1.82) is 0 Å². The predicted octanol–water partition coefficient (Wildman–Crippen LogP) is 20.7. The summed E-state index contributed by atoms with van der Waals surface area (Å²) >= 11 is 0. The number of hydrogen-bond acceptors (Lipinski definition) is 6. The van der Waals surface area contributed by atoms with Gasteiger partial charge in [-0.1, -0.05) is 340 Å². The normalized spacial score (nSPS) is 15.2. The van der Waals surface area contributed by atoms with Crippen LogP contribution >= 0.6 is 0 Å². The Labute approximate surface area is 449 Å². The van der Waals surface area contributed by atoms with Crippen LogP contribution in [-0.4, -0.2) is 48.6 Å². The second-order valence-corrected chi connectivity index (χ2v) is 23.5. The zero-order chi connectivity index (χ0) is 51.8. The molecule has 0 aromatic carbocycles. The van der Waals surface area contributed by atoms with Gasteiger partial charge in [0.05, 0.1) is 31.0 Å². The average molecular weight is 1020 g/mol. The molecule has 0 aromatic rings. The summed E-state index contributed by atoms with van der Waals surface area (Å²) in [5, 5.41) is 19.2. The lowest BCUT2D eigenvalue weighted by molar-refractivity contribution is -0.155. The Hall–Kier alpha value is -1.40. The van der Waals surface area contributed by atoms with Crippen LogP contribution < -0.4 is 0 Å². The van der Waals surface area contributed by atoms with E-state index in [1.165, 1.54) is 321 Å². The minimum Gasteiger partial charge on any atom is -0.465 e. The highest BCUT2D eigenvalue weighted by Gasteiger charge is 2.36. The van der Waals surface area contributed by atoms with Crippen molar-refractivity contribution < 1.29 is 29.3 Å². The van der Waals surface area contributed by atoms with Crippen LogP contribution in [-0.2, 0) is 19.1 Å². The van der Waals surface area contributed by atoms with Crippen LogP contribution in [0, 0.1) is 11.3 Å². The topological polar surface area (TPSA) is 93.1 Å². The summed E-state index contributed by atoms with van der Waals surface area (Å²) in [4.78, 5) is 24.7. The number of hydrogen-bond donors (Lipinski definition) is 2. The fourth-order valence-corrected chi connectivity index (χ4v) is 11.1. The third-order valence-electron chi connectivity index (χ3n) is 16.4. The van der Waals surface area contributed by atoms with Crippen LogP contribution in [0.1, 0.15) is 360 Å². The van der Waals surface area contributed by atoms with Gasteiger partial charge < -0.3 is 19.7 Å². The third-order valence-corrected chi connectivity index (χ3v) is 16.4. The highest BCUT2D eigenvalue weighted by molar-refractivity contribution is 5.80. The maximum atomic E-state index is 12.5. The Kier molecular flexibility index (Phi) is 53.2. The number of cyclic esters (lactones) is 2. The van der Waals surface area contributed by atoms with E-state index < -0.39 is 36.5 Å². The number of allylic oxidation sites excluding steroid dienone is 2. The van der Waals surface area contributed by atoms with E-state index in [-0.39, 0.29) is 19.6 Å². The molecule has 0 amide bonds. The van der Waals surface area contributed by atoms with Crippen LogP contribution in [0.15, 0.2) is 12.2 Å². The summed E-state index contributed by atoms with van der Waals surface area (Å²) in [6, 6.07) is 0. The Balaban J connectivity index is 1.66. The molecule has 1 unspecified atom stereocenters. The molecule has 0 spiro atoms. The van der Waals surface area contributed by atoms with Crippen molar-refractivity contribution in [2.45, 2.75) is 360 Å². The van der Waals surface area contributed by atoms with Crippen molar-refractivity contribution in [2.24, 2.45) is 11.3 Å². The number of carbonyl (C=O) groups is 2. The molecule has 72 heavy (non-hydrogen) atoms. The van der Waals surface area contributed by atoms with Gasteiger partial charge in [-0.05, 0) is 26.2 Å². The molecule has 1 aliphatic rings. The maximum absolute atomic E-state index is 12.5. The van der Waals surface area contributed by atoms with Gasteiger partial charge in [0.15, 0.2) is 0 Å². The molecule has 1 fully saturated rings. The number of ether oxygens (including phenoxy) is 2. The molecule has 1 saturated heterocycles. The molecular weight excluding hydrogens is 889 g/mol. The van der Waals surface area contributed by atoms with E-state index in [2.05, 4.69) is 19.1 Å². The predicted molar refractivity (Wildman–Crippen MR) is 311 cm³/mol. The van der Waals surface area contributed by atoms with E-state index in [9.17, 15) is 19.8 Å². The van der Waals surface area contributed by atoms with Gasteiger partial charge >= 0.3 is 11.9 Å². The van der Waals surface area contributed by atoms with Gasteiger partial charge in [-0.25, -0.2) is 0 Å². The van der Waals surface area contributed by atoms with E-state index in [4.69, 9.17) is 9.47 Å². The Morgan fingerprint density at radius 3 is 0.819 bits per heavy atom. The minimum atomic E-state index is -1.12. The number of unbranched alkanes of at least 4 members (excludes halogenated alkanes) is 52. The summed E-state index contributed by atoms with van der Waals surface area (Å²) in [5.41, 5.74) is -1.12. The van der Waals surface area contributed by atoms with Gasteiger partial charge in [-0.15, -0.1) is 0 Å². The Bertz CT molecular complexity index is 1130. The van der Waals surface area contributed by atoms with Crippen molar-refractivity contribution >= 4 is 11.9 Å². The zero-order valence-electron chi connectivity index (χ0n) is 48.5. The maximum Gasteiger partial charge on any atom is 0.309 e. The van der Waals surface area contributed by atoms with E-state index in [0.29, 0.717) is 6.42 Å². The molecular formula is C66H126O6. The van der Waals surface area contributed by atoms with Crippen molar-refractivity contribution in [3.8, 4) is 0 Å². The average Bonchev–Trinajstić information content (AvgIpc) is 3.45. The van der Waals surface area contributed by atoms with Crippen molar-refractivity contribution in [1.82, 2.24) is 0 Å². The quantitative estimate of drug-likeness (QED) is 0.0358. The van der Waals surface area contributed by atoms with E-state index in [0.717, 1.165) is 19.3 Å². The SMILES string of the molecule is C/C=C/CCCCCCCCCCCCCCCCCCCCCCCCCCCCCCCCCCCCCCCCCCCCCCCCCCCCCCC1CC(=O)OCC(CO)(CO)COC1=O. The lowest BCUT2D eigenvalue weighted by Gasteiger charge is -2.27. The zero-order valence-corrected chi connectivity index (χ0v) is 48.5. The van der Waals surface area contributed by atoms with Gasteiger partial charge in [-0.2, -0.15) is 0 Å². The van der Waals surface area contributed by atoms with Gasteiger partial charge in [0.25, 0.3) is 0 Å². The van der Waals surface area contributed by atoms with E-state index in [1.807, 2.05) is 0 Å². The molecule has 1 atom stereocenters. The van der Waals surface area contributed by atoms with E-state index in [1.54, 1.807) is 0 Å². The fraction of sp³-hybridized carbons (Fsp3) is 0.939. The van der Waals surface area contributed by atoms with Gasteiger partial charge in [0.1, 0.15) is 13.2 Å². The van der Waals surface area contributed by atoms with Crippen molar-refractivity contribution in [2.75, 3.05) is 26.4 Å². The molecule has 426 valence electrons. The Morgan fingerprint density at radius 1 is 0.361 bits per heavy atom. The number of carbonyl (C=O) groups excluding carboxylic acids is 2. The monoisotopic (exact) mass is 1010 g/mol. The molecule has 6 heteroatoms. The van der Waals surface area contributed by atoms with Crippen molar-refractivity contribution in [3.05, 3.63) is 12.2 Å². The molecule has 6 nitrogen and oxygen atoms in total. The first kappa shape index (κ1) is 68.6. The Morgan fingerprint density at radius 2 is 0.583 bits per heavy atom. The summed E-state index contributed by atoms with van der Waals surface area (Å²) < 4.78 is 10.6. The minimum absolute atomic E-state index is 0.00528. The highest BCUT2D eigenvalue weighted by atomic mass is 16.6. The molecule has 0 aliphatic carbocycles. The lowest BCUT2D eigenvalue weighted by atomic mass is 9.92. The molecule has 1 heterocycles. The standard InChI is InChI=1S/C66H126O6/c1-2-3-4-5-6-7-8-9-10-11-12-13-14-15-16-17-18-19-20-21-22-23-24-25-26-27-28-29-30-31-32-33-34-35-36-37-38-39-40-41-42-43-44-45-46-47-48-49-50-51-52-53-54-55-56-57-63-58-64(69)71-61-66(59-67,60-68)62-72-65(63)70/h2-3,63,67-68H,4-62H2,1H3/b3-2+. The first-order chi connectivity index (χ1) is 35.6. The summed E-state index contributed by atoms with van der Waals surface area (Å²) in [6.07, 6.45) is 80.3. The number of aliphatic hydroxyl groups is 2. The number of esters is 2. The van der Waals surface area contributed by atoms with Gasteiger partial charge in [0, 0.05) is 0 Å². The van der Waals surface area contributed by atoms with Crippen LogP contribution in [0.4, 0.5) is 0 Å². The van der Waals surface area contributed by atoms with Crippen LogP contribution in [0.3, 0.4) is 0 Å². The second-order valence-electron chi connectivity index (χ2n) is 23.5. The molecule has 0 bridgehead atoms. The molecule has 1 rings (SSSR count). The first-order valence-electron chi connectivity index (χ1n) is 32.7. The van der Waals surface area contributed by atoms with Gasteiger partial charge in [0.2, 0.25) is 0 Å². The molecule has 0 saturated carbocycles. The van der Waals surface area contributed by atoms with Crippen LogP contribution in [0.25, 0.3) is 0 Å². The highest BCUT2D eigenvalue weighted by Crippen LogP contribution is 2.25.